The minimum Gasteiger partial charge on any atom is -0.368 e. The molecule has 4 heteroatoms. The van der Waals surface area contributed by atoms with Gasteiger partial charge in [0.05, 0.1) is 19.1 Å². The van der Waals surface area contributed by atoms with Crippen LogP contribution in [0, 0.1) is 188 Å². The number of aliphatic hydroxyl groups excluding tert-OH is 2. The topological polar surface area (TPSA) is 58.9 Å². The van der Waals surface area contributed by atoms with E-state index in [4.69, 9.17) is 9.47 Å². The summed E-state index contributed by atoms with van der Waals surface area (Å²) in [7, 11) is 0. The van der Waals surface area contributed by atoms with Crippen molar-refractivity contribution in [1.29, 1.82) is 0 Å². The zero-order valence-corrected chi connectivity index (χ0v) is 39.6. The number of rotatable bonds is 0. The predicted octanol–water partition coefficient (Wildman–Crippen LogP) is 11.7. The fraction of sp³-hybridized carbons (Fsp3) is 1.00. The van der Waals surface area contributed by atoms with E-state index in [-0.39, 0.29) is 11.3 Å². The molecule has 0 radical (unpaired) electrons. The first-order valence-electron chi connectivity index (χ1n) is 30.0. The molecular formula is C60H86O4. The molecule has 15 bridgehead atoms. The molecule has 2 spiro atoms. The van der Waals surface area contributed by atoms with Gasteiger partial charge in [-0.25, -0.2) is 0 Å². The molecule has 16 aliphatic carbocycles. The Balaban J connectivity index is 0.874. The molecular weight excluding hydrogens is 785 g/mol. The van der Waals surface area contributed by atoms with Crippen molar-refractivity contribution < 1.29 is 19.7 Å². The van der Waals surface area contributed by atoms with Crippen molar-refractivity contribution in [3.63, 3.8) is 0 Å². The molecule has 10 unspecified atom stereocenters. The number of aliphatic hydroxyl groups is 2. The summed E-state index contributed by atoms with van der Waals surface area (Å²) < 4.78 is 14.1. The third kappa shape index (κ3) is 4.49. The maximum absolute atomic E-state index is 13.2. The molecule has 4 nitrogen and oxygen atoms in total. The van der Waals surface area contributed by atoms with Gasteiger partial charge in [0, 0.05) is 0 Å². The Morgan fingerprint density at radius 1 is 0.312 bits per heavy atom. The van der Waals surface area contributed by atoms with Crippen molar-refractivity contribution in [2.75, 3.05) is 13.2 Å². The molecule has 6 saturated heterocycles. The molecule has 0 amide bonds. The first-order valence-corrected chi connectivity index (χ1v) is 30.0. The number of fused-ring (bicyclic) bond motifs is 5. The van der Waals surface area contributed by atoms with Crippen molar-refractivity contribution in [1.82, 2.24) is 0 Å². The molecule has 16 saturated carbocycles. The van der Waals surface area contributed by atoms with E-state index in [9.17, 15) is 10.2 Å². The summed E-state index contributed by atoms with van der Waals surface area (Å²) in [6.45, 7) is 1.39. The van der Waals surface area contributed by atoms with E-state index in [2.05, 4.69) is 0 Å². The van der Waals surface area contributed by atoms with Crippen LogP contribution >= 0.6 is 0 Å². The molecule has 2 N–H and O–H groups in total. The molecule has 6 heterocycles. The Morgan fingerprint density at radius 3 is 1.70 bits per heavy atom. The summed E-state index contributed by atoms with van der Waals surface area (Å²) in [6.07, 6.45) is 33.5. The van der Waals surface area contributed by atoms with Crippen LogP contribution in [0.25, 0.3) is 0 Å². The summed E-state index contributed by atoms with van der Waals surface area (Å²) >= 11 is 0. The second-order valence-electron chi connectivity index (χ2n) is 30.2. The predicted molar refractivity (Wildman–Crippen MR) is 244 cm³/mol. The highest BCUT2D eigenvalue weighted by atomic mass is 16.6. The van der Waals surface area contributed by atoms with Gasteiger partial charge < -0.3 is 19.7 Å². The van der Waals surface area contributed by atoms with Crippen molar-refractivity contribution in [3.8, 4) is 0 Å². The van der Waals surface area contributed by atoms with Crippen LogP contribution in [0.15, 0.2) is 0 Å². The summed E-state index contributed by atoms with van der Waals surface area (Å²) in [6, 6.07) is 0. The van der Waals surface area contributed by atoms with Crippen LogP contribution in [0.2, 0.25) is 0 Å². The normalized spacial score (nSPS) is 70.6. The van der Waals surface area contributed by atoms with Crippen LogP contribution in [-0.4, -0.2) is 36.0 Å². The quantitative estimate of drug-likeness (QED) is 0.255. The second-order valence-corrected chi connectivity index (χ2v) is 30.2. The lowest BCUT2D eigenvalue weighted by atomic mass is 9.37. The highest BCUT2D eigenvalue weighted by molar-refractivity contribution is 5.34. The zero-order chi connectivity index (χ0) is 41.3. The number of hydrogen-bond donors (Lipinski definition) is 2. The van der Waals surface area contributed by atoms with Gasteiger partial charge in [-0.15, -0.1) is 0 Å². The van der Waals surface area contributed by atoms with E-state index in [1.54, 1.807) is 57.8 Å². The summed E-state index contributed by atoms with van der Waals surface area (Å²) in [5.74, 6) is 27.2. The van der Waals surface area contributed by atoms with Gasteiger partial charge in [0.25, 0.3) is 0 Å². The standard InChI is InChI=1S/C60H86O4/c61-57-56-58(62)64-26-32-10-6-28(17-32)4-5-29-11-13-36-37(18-29)39-21-35-24-60(56)23-33-15-16-59-22-30(7-1-27-2-8-31(9-3-27)25-63-57)12-14-41(59)40-20-34-19-38(36)45-46(39)49-44(35)55(60)52-43(33)54(59)53-47(40)42(34)48(45)50(49)51(52)53/h27-58,61-62H,1-26H2/t27?,28-,29?,30?,31?,32-,33+,34-,35-,36+,37+,38+,39-,40-,41?,42-,43+,44+,45+,46-,47+,48-,49?,50?,51?,52+,53?,54+,55+,56?,57?,58?,59+,60-/m0/s1. The van der Waals surface area contributed by atoms with E-state index < -0.39 is 12.6 Å². The van der Waals surface area contributed by atoms with Gasteiger partial charge in [-0.3, -0.25) is 0 Å². The Kier molecular flexibility index (Phi) is 7.85. The minimum atomic E-state index is -0.904. The van der Waals surface area contributed by atoms with Gasteiger partial charge in [0.1, 0.15) is 0 Å². The molecule has 6 aliphatic heterocycles. The Morgan fingerprint density at radius 2 is 0.859 bits per heavy atom. The van der Waals surface area contributed by atoms with E-state index in [1.807, 2.05) is 0 Å². The van der Waals surface area contributed by atoms with Crippen LogP contribution in [0.4, 0.5) is 0 Å². The fourth-order valence-corrected chi connectivity index (χ4v) is 29.5. The fourth-order valence-electron chi connectivity index (χ4n) is 29.5. The summed E-state index contributed by atoms with van der Waals surface area (Å²) in [5.41, 5.74) is 0.589. The third-order valence-corrected chi connectivity index (χ3v) is 29.7. The zero-order valence-electron chi connectivity index (χ0n) is 39.6. The Hall–Kier alpha value is -0.160. The average Bonchev–Trinajstić information content (AvgIpc) is 4.14. The maximum atomic E-state index is 13.2. The molecule has 0 aromatic heterocycles. The first kappa shape index (κ1) is 38.6. The van der Waals surface area contributed by atoms with Crippen LogP contribution < -0.4 is 0 Å². The van der Waals surface area contributed by atoms with Crippen molar-refractivity contribution in [2.45, 2.75) is 167 Å². The van der Waals surface area contributed by atoms with Crippen LogP contribution in [0.5, 0.6) is 0 Å². The van der Waals surface area contributed by atoms with Gasteiger partial charge in [-0.05, 0) is 279 Å². The van der Waals surface area contributed by atoms with Crippen molar-refractivity contribution in [2.24, 2.45) is 188 Å². The molecule has 32 atom stereocenters. The van der Waals surface area contributed by atoms with Gasteiger partial charge in [-0.1, -0.05) is 57.8 Å². The first-order chi connectivity index (χ1) is 31.5. The number of hydrogen-bond acceptors (Lipinski definition) is 4. The number of ether oxygens (including phenoxy) is 2. The molecule has 0 aromatic rings. The molecule has 22 fully saturated rings. The summed E-state index contributed by atoms with van der Waals surface area (Å²) in [4.78, 5) is 0. The van der Waals surface area contributed by atoms with Gasteiger partial charge in [0.2, 0.25) is 0 Å². The monoisotopic (exact) mass is 871 g/mol. The lowest BCUT2D eigenvalue weighted by Gasteiger charge is -2.67. The van der Waals surface area contributed by atoms with Crippen LogP contribution in [-0.2, 0) is 9.47 Å². The lowest BCUT2D eigenvalue weighted by Crippen LogP contribution is -2.62. The lowest BCUT2D eigenvalue weighted by molar-refractivity contribution is -0.282. The second kappa shape index (κ2) is 13.0. The summed E-state index contributed by atoms with van der Waals surface area (Å²) in [5, 5.41) is 26.4. The van der Waals surface area contributed by atoms with E-state index in [0.717, 1.165) is 154 Å². The SMILES string of the molecule is OC1OCC2CCC(CC2)CCC2CCC3[C@@H]4C[C@@H]5C[C@@H]6[C@@H]7CCC8CC[C@H]9CC[C@H](COC(O)C1[C@]1%10C[C@@H]%11C[C@@H]([C@@H]7C8)[C@@H]7C8C%12C%13C([C@H]4[C@H]5[C@H]%12[C@H]67)[C@H]4[C@H]([C@H](CC[C@@]34C2)C1)[C@H]%13[C@H]%10[C@@H]8%11)C9. The molecule has 22 rings (SSSR count). The highest BCUT2D eigenvalue weighted by Gasteiger charge is 2.87. The van der Waals surface area contributed by atoms with Crippen molar-refractivity contribution >= 4 is 0 Å². The molecule has 0 aromatic carbocycles. The highest BCUT2D eigenvalue weighted by Crippen LogP contribution is 2.92. The van der Waals surface area contributed by atoms with Gasteiger partial charge in [-0.2, -0.15) is 0 Å². The smallest absolute Gasteiger partial charge is 0.162 e. The Bertz CT molecular complexity index is 1940. The van der Waals surface area contributed by atoms with Crippen molar-refractivity contribution in [3.05, 3.63) is 0 Å². The third-order valence-electron chi connectivity index (χ3n) is 29.7. The average molecular weight is 871 g/mol. The van der Waals surface area contributed by atoms with E-state index in [1.165, 1.54) is 96.3 Å². The van der Waals surface area contributed by atoms with E-state index >= 15 is 0 Å². The van der Waals surface area contributed by atoms with Crippen LogP contribution in [0.3, 0.4) is 0 Å². The van der Waals surface area contributed by atoms with E-state index in [0.29, 0.717) is 36.4 Å². The van der Waals surface area contributed by atoms with Gasteiger partial charge in [0.15, 0.2) is 12.6 Å². The Labute approximate surface area is 386 Å². The minimum absolute atomic E-state index is 0.0453. The van der Waals surface area contributed by atoms with Gasteiger partial charge >= 0.3 is 0 Å². The van der Waals surface area contributed by atoms with Crippen LogP contribution in [0.1, 0.15) is 154 Å². The molecule has 350 valence electrons. The molecule has 64 heavy (non-hydrogen) atoms. The molecule has 22 aliphatic rings. The largest absolute Gasteiger partial charge is 0.368 e. The maximum Gasteiger partial charge on any atom is 0.162 e.